The van der Waals surface area contributed by atoms with E-state index in [0.717, 1.165) is 22.3 Å². The number of aromatic nitrogens is 2. The van der Waals surface area contributed by atoms with Gasteiger partial charge in [0.05, 0.1) is 24.7 Å². The molecular formula is C19H22N4O2. The Labute approximate surface area is 146 Å². The van der Waals surface area contributed by atoms with Crippen LogP contribution in [0.15, 0.2) is 48.5 Å². The summed E-state index contributed by atoms with van der Waals surface area (Å²) in [7, 11) is 3.48. The first kappa shape index (κ1) is 17.0. The largest absolute Gasteiger partial charge is 0.497 e. The van der Waals surface area contributed by atoms with E-state index in [4.69, 9.17) is 4.74 Å². The van der Waals surface area contributed by atoms with Crippen LogP contribution in [0.4, 0.5) is 5.95 Å². The van der Waals surface area contributed by atoms with E-state index in [0.29, 0.717) is 25.5 Å². The summed E-state index contributed by atoms with van der Waals surface area (Å²) in [5.74, 6) is 1.31. The second-order valence-electron chi connectivity index (χ2n) is 5.76. The van der Waals surface area contributed by atoms with E-state index >= 15 is 0 Å². The molecule has 0 bridgehead atoms. The van der Waals surface area contributed by atoms with Crippen molar-refractivity contribution in [3.63, 3.8) is 0 Å². The maximum atomic E-state index is 12.1. The lowest BCUT2D eigenvalue weighted by Gasteiger charge is -2.11. The first-order valence-corrected chi connectivity index (χ1v) is 8.24. The molecule has 0 aliphatic carbocycles. The van der Waals surface area contributed by atoms with Crippen molar-refractivity contribution in [1.82, 2.24) is 14.9 Å². The predicted octanol–water partition coefficient (Wildman–Crippen LogP) is 2.64. The van der Waals surface area contributed by atoms with Crippen molar-refractivity contribution in [3.05, 3.63) is 54.1 Å². The minimum atomic E-state index is -0.0588. The number of carbonyl (C=O) groups is 1. The molecular weight excluding hydrogens is 316 g/mol. The van der Waals surface area contributed by atoms with Crippen LogP contribution in [0.5, 0.6) is 5.75 Å². The number of anilines is 1. The SMILES string of the molecule is CNCCC(=O)Nc1nc2ccccc2n1Cc1cccc(OC)c1. The fourth-order valence-corrected chi connectivity index (χ4v) is 2.71. The summed E-state index contributed by atoms with van der Waals surface area (Å²) in [5.41, 5.74) is 2.91. The molecule has 3 rings (SSSR count). The van der Waals surface area contributed by atoms with Crippen molar-refractivity contribution < 1.29 is 9.53 Å². The van der Waals surface area contributed by atoms with Gasteiger partial charge in [-0.1, -0.05) is 24.3 Å². The summed E-state index contributed by atoms with van der Waals surface area (Å²) < 4.78 is 7.31. The second-order valence-corrected chi connectivity index (χ2v) is 5.76. The van der Waals surface area contributed by atoms with Gasteiger partial charge in [0, 0.05) is 13.0 Å². The average molecular weight is 338 g/mol. The van der Waals surface area contributed by atoms with E-state index in [9.17, 15) is 4.79 Å². The molecule has 0 aliphatic rings. The number of nitrogens with zero attached hydrogens (tertiary/aromatic N) is 2. The van der Waals surface area contributed by atoms with Gasteiger partial charge in [0.15, 0.2) is 0 Å². The van der Waals surface area contributed by atoms with Gasteiger partial charge >= 0.3 is 0 Å². The van der Waals surface area contributed by atoms with Crippen LogP contribution in [0.2, 0.25) is 0 Å². The lowest BCUT2D eigenvalue weighted by atomic mass is 10.2. The normalized spacial score (nSPS) is 10.8. The van der Waals surface area contributed by atoms with E-state index in [1.165, 1.54) is 0 Å². The summed E-state index contributed by atoms with van der Waals surface area (Å²) >= 11 is 0. The quantitative estimate of drug-likeness (QED) is 0.695. The standard InChI is InChI=1S/C19H22N4O2/c1-20-11-10-18(24)22-19-21-16-8-3-4-9-17(16)23(19)13-14-6-5-7-15(12-14)25-2/h3-9,12,20H,10-11,13H2,1-2H3,(H,21,22,24). The number of hydrogen-bond donors (Lipinski definition) is 2. The van der Waals surface area contributed by atoms with Gasteiger partial charge in [-0.25, -0.2) is 4.98 Å². The summed E-state index contributed by atoms with van der Waals surface area (Å²) in [6.45, 7) is 1.22. The molecule has 130 valence electrons. The zero-order valence-electron chi connectivity index (χ0n) is 14.5. The molecule has 0 saturated carbocycles. The highest BCUT2D eigenvalue weighted by atomic mass is 16.5. The number of nitrogens with one attached hydrogen (secondary N) is 2. The van der Waals surface area contributed by atoms with Gasteiger partial charge in [0.1, 0.15) is 5.75 Å². The fourth-order valence-electron chi connectivity index (χ4n) is 2.71. The van der Waals surface area contributed by atoms with Crippen molar-refractivity contribution in [2.75, 3.05) is 26.0 Å². The Hall–Kier alpha value is -2.86. The van der Waals surface area contributed by atoms with Gasteiger partial charge in [-0.05, 0) is 36.9 Å². The Morgan fingerprint density at radius 1 is 1.20 bits per heavy atom. The summed E-state index contributed by atoms with van der Waals surface area (Å²) in [5, 5.41) is 5.90. The number of imidazole rings is 1. The molecule has 0 radical (unpaired) electrons. The molecule has 6 heteroatoms. The Balaban J connectivity index is 1.93. The maximum absolute atomic E-state index is 12.1. The van der Waals surface area contributed by atoms with Crippen molar-refractivity contribution in [3.8, 4) is 5.75 Å². The van der Waals surface area contributed by atoms with Crippen LogP contribution in [0.1, 0.15) is 12.0 Å². The Morgan fingerprint density at radius 2 is 2.04 bits per heavy atom. The van der Waals surface area contributed by atoms with Crippen LogP contribution in [0.3, 0.4) is 0 Å². The molecule has 0 aliphatic heterocycles. The fraction of sp³-hybridized carbons (Fsp3) is 0.263. The van der Waals surface area contributed by atoms with Crippen molar-refractivity contribution in [2.45, 2.75) is 13.0 Å². The van der Waals surface area contributed by atoms with Crippen LogP contribution in [-0.4, -0.2) is 36.2 Å². The highest BCUT2D eigenvalue weighted by molar-refractivity contribution is 5.91. The van der Waals surface area contributed by atoms with Crippen molar-refractivity contribution in [2.24, 2.45) is 0 Å². The lowest BCUT2D eigenvalue weighted by Crippen LogP contribution is -2.21. The monoisotopic (exact) mass is 338 g/mol. The summed E-state index contributed by atoms with van der Waals surface area (Å²) in [4.78, 5) is 16.7. The van der Waals surface area contributed by atoms with E-state index < -0.39 is 0 Å². The van der Waals surface area contributed by atoms with Gasteiger partial charge in [-0.15, -0.1) is 0 Å². The highest BCUT2D eigenvalue weighted by Crippen LogP contribution is 2.22. The number of carbonyl (C=O) groups excluding carboxylic acids is 1. The lowest BCUT2D eigenvalue weighted by molar-refractivity contribution is -0.116. The molecule has 0 saturated heterocycles. The van der Waals surface area contributed by atoms with Gasteiger partial charge in [0.2, 0.25) is 11.9 Å². The molecule has 0 fully saturated rings. The van der Waals surface area contributed by atoms with Crippen LogP contribution in [0.25, 0.3) is 11.0 Å². The van der Waals surface area contributed by atoms with Crippen LogP contribution in [-0.2, 0) is 11.3 Å². The number of fused-ring (bicyclic) bond motifs is 1. The molecule has 2 aromatic carbocycles. The zero-order chi connectivity index (χ0) is 17.6. The molecule has 6 nitrogen and oxygen atoms in total. The van der Waals surface area contributed by atoms with E-state index in [1.54, 1.807) is 7.11 Å². The van der Waals surface area contributed by atoms with Crippen molar-refractivity contribution in [1.29, 1.82) is 0 Å². The number of hydrogen-bond acceptors (Lipinski definition) is 4. The second kappa shape index (κ2) is 7.81. The molecule has 0 unspecified atom stereocenters. The predicted molar refractivity (Wildman–Crippen MR) is 99.0 cm³/mol. The molecule has 2 N–H and O–H groups in total. The first-order valence-electron chi connectivity index (χ1n) is 8.24. The maximum Gasteiger partial charge on any atom is 0.227 e. The van der Waals surface area contributed by atoms with Gasteiger partial charge in [0.25, 0.3) is 0 Å². The average Bonchev–Trinajstić information content (AvgIpc) is 2.97. The Morgan fingerprint density at radius 3 is 2.84 bits per heavy atom. The summed E-state index contributed by atoms with van der Waals surface area (Å²) in [6.07, 6.45) is 0.402. The molecule has 1 aromatic heterocycles. The number of amides is 1. The molecule has 25 heavy (non-hydrogen) atoms. The molecule has 1 heterocycles. The summed E-state index contributed by atoms with van der Waals surface area (Å²) in [6, 6.07) is 15.8. The third-order valence-electron chi connectivity index (χ3n) is 3.98. The number of para-hydroxylation sites is 2. The van der Waals surface area contributed by atoms with Crippen molar-refractivity contribution >= 4 is 22.9 Å². The highest BCUT2D eigenvalue weighted by Gasteiger charge is 2.13. The number of ether oxygens (including phenoxy) is 1. The van der Waals surface area contributed by atoms with Gasteiger partial charge < -0.3 is 14.6 Å². The van der Waals surface area contributed by atoms with E-state index in [1.807, 2.05) is 60.1 Å². The molecule has 0 spiro atoms. The number of methoxy groups -OCH3 is 1. The van der Waals surface area contributed by atoms with Crippen LogP contribution in [0, 0.1) is 0 Å². The zero-order valence-corrected chi connectivity index (χ0v) is 14.5. The third-order valence-corrected chi connectivity index (χ3v) is 3.98. The third kappa shape index (κ3) is 3.97. The van der Waals surface area contributed by atoms with Gasteiger partial charge in [-0.3, -0.25) is 10.1 Å². The molecule has 3 aromatic rings. The Kier molecular flexibility index (Phi) is 5.30. The van der Waals surface area contributed by atoms with E-state index in [-0.39, 0.29) is 5.91 Å². The smallest absolute Gasteiger partial charge is 0.227 e. The minimum Gasteiger partial charge on any atom is -0.497 e. The topological polar surface area (TPSA) is 68.2 Å². The van der Waals surface area contributed by atoms with Gasteiger partial charge in [-0.2, -0.15) is 0 Å². The number of benzene rings is 2. The Bertz CT molecular complexity index is 873. The minimum absolute atomic E-state index is 0.0588. The molecule has 0 atom stereocenters. The number of rotatable bonds is 7. The molecule has 1 amide bonds. The van der Waals surface area contributed by atoms with Crippen LogP contribution < -0.4 is 15.4 Å². The first-order chi connectivity index (χ1) is 12.2. The van der Waals surface area contributed by atoms with Crippen LogP contribution >= 0.6 is 0 Å². The van der Waals surface area contributed by atoms with E-state index in [2.05, 4.69) is 15.6 Å².